The maximum absolute atomic E-state index is 13.3. The SMILES string of the molecule is CNS(=O)(=O)c1ccc(CNC(=O)N2CC3(CCCC3)c3cc(-c4ccccc4CC(F)(F)F)ccc32)cc1. The fraction of sp³-hybridized carbons (Fsp3) is 0.345. The fourth-order valence-corrected chi connectivity index (χ4v) is 6.58. The number of alkyl halides is 3. The number of amides is 2. The predicted molar refractivity (Wildman–Crippen MR) is 144 cm³/mol. The number of hydrogen-bond donors (Lipinski definition) is 2. The lowest BCUT2D eigenvalue weighted by molar-refractivity contribution is -0.127. The fourth-order valence-electron chi connectivity index (χ4n) is 5.85. The Balaban J connectivity index is 1.40. The second-order valence-corrected chi connectivity index (χ2v) is 12.2. The van der Waals surface area contributed by atoms with Crippen LogP contribution in [0.25, 0.3) is 11.1 Å². The first-order valence-corrected chi connectivity index (χ1v) is 14.4. The van der Waals surface area contributed by atoms with Crippen LogP contribution in [0.1, 0.15) is 42.4 Å². The molecule has 5 rings (SSSR count). The van der Waals surface area contributed by atoms with Crippen LogP contribution in [0.5, 0.6) is 0 Å². The first kappa shape index (κ1) is 27.2. The van der Waals surface area contributed by atoms with E-state index >= 15 is 0 Å². The third-order valence-electron chi connectivity index (χ3n) is 7.79. The third-order valence-corrected chi connectivity index (χ3v) is 9.22. The second-order valence-electron chi connectivity index (χ2n) is 10.3. The van der Waals surface area contributed by atoms with Crippen LogP contribution in [-0.4, -0.2) is 34.2 Å². The van der Waals surface area contributed by atoms with E-state index < -0.39 is 22.6 Å². The summed E-state index contributed by atoms with van der Waals surface area (Å²) in [6, 6.07) is 18.2. The maximum Gasteiger partial charge on any atom is 0.393 e. The molecule has 2 amide bonds. The van der Waals surface area contributed by atoms with Crippen molar-refractivity contribution in [1.82, 2.24) is 10.0 Å². The molecule has 2 N–H and O–H groups in total. The molecule has 1 aliphatic heterocycles. The summed E-state index contributed by atoms with van der Waals surface area (Å²) in [6.07, 6.45) is -1.41. The third kappa shape index (κ3) is 5.53. The first-order valence-electron chi connectivity index (χ1n) is 12.9. The molecule has 1 spiro atoms. The molecule has 0 radical (unpaired) electrons. The van der Waals surface area contributed by atoms with Crippen molar-refractivity contribution in [3.05, 3.63) is 83.4 Å². The van der Waals surface area contributed by atoms with E-state index in [1.54, 1.807) is 41.3 Å². The molecule has 1 fully saturated rings. The van der Waals surface area contributed by atoms with Crippen LogP contribution in [0, 0.1) is 0 Å². The summed E-state index contributed by atoms with van der Waals surface area (Å²) >= 11 is 0. The number of nitrogens with zero attached hydrogens (tertiary/aromatic N) is 1. The van der Waals surface area contributed by atoms with Crippen LogP contribution in [0.2, 0.25) is 0 Å². The van der Waals surface area contributed by atoms with Crippen molar-refractivity contribution in [1.29, 1.82) is 0 Å². The van der Waals surface area contributed by atoms with Crippen molar-refractivity contribution in [2.24, 2.45) is 0 Å². The van der Waals surface area contributed by atoms with Gasteiger partial charge in [0.2, 0.25) is 10.0 Å². The van der Waals surface area contributed by atoms with Crippen molar-refractivity contribution in [3.8, 4) is 11.1 Å². The standard InChI is InChI=1S/C29H30F3N3O3S/c1-33-39(37,38)23-11-8-20(9-12-23)18-34-27(36)35-19-28(14-4-5-15-28)25-16-21(10-13-26(25)35)24-7-3-2-6-22(24)17-29(30,31)32/h2-3,6-13,16,33H,4-5,14-15,17-19H2,1H3,(H,34,36). The average molecular weight is 558 g/mol. The molecule has 206 valence electrons. The van der Waals surface area contributed by atoms with Gasteiger partial charge in [0.25, 0.3) is 0 Å². The van der Waals surface area contributed by atoms with E-state index in [4.69, 9.17) is 0 Å². The normalized spacial score (nSPS) is 16.5. The van der Waals surface area contributed by atoms with E-state index in [-0.39, 0.29) is 28.4 Å². The summed E-state index contributed by atoms with van der Waals surface area (Å²) in [5, 5.41) is 2.94. The number of benzene rings is 3. The van der Waals surface area contributed by atoms with E-state index in [2.05, 4.69) is 10.0 Å². The van der Waals surface area contributed by atoms with Gasteiger partial charge in [-0.2, -0.15) is 13.2 Å². The van der Waals surface area contributed by atoms with Crippen LogP contribution in [0.15, 0.2) is 71.6 Å². The molecule has 6 nitrogen and oxygen atoms in total. The molecule has 0 saturated heterocycles. The molecule has 2 aliphatic rings. The summed E-state index contributed by atoms with van der Waals surface area (Å²) in [4.78, 5) is 15.2. The van der Waals surface area contributed by atoms with Crippen LogP contribution in [0.3, 0.4) is 0 Å². The van der Waals surface area contributed by atoms with Crippen molar-refractivity contribution >= 4 is 21.7 Å². The van der Waals surface area contributed by atoms with E-state index in [0.717, 1.165) is 48.1 Å². The van der Waals surface area contributed by atoms with Gasteiger partial charge >= 0.3 is 12.2 Å². The van der Waals surface area contributed by atoms with Gasteiger partial charge < -0.3 is 5.32 Å². The molecule has 3 aromatic carbocycles. The van der Waals surface area contributed by atoms with Gasteiger partial charge in [0.1, 0.15) is 0 Å². The Hall–Kier alpha value is -3.37. The van der Waals surface area contributed by atoms with Gasteiger partial charge in [0.15, 0.2) is 0 Å². The molecular formula is C29H30F3N3O3S. The van der Waals surface area contributed by atoms with E-state index in [0.29, 0.717) is 12.1 Å². The zero-order chi connectivity index (χ0) is 27.8. The van der Waals surface area contributed by atoms with Crippen molar-refractivity contribution in [3.63, 3.8) is 0 Å². The van der Waals surface area contributed by atoms with E-state index in [1.807, 2.05) is 12.1 Å². The lowest BCUT2D eigenvalue weighted by atomic mass is 9.79. The van der Waals surface area contributed by atoms with Gasteiger partial charge in [-0.3, -0.25) is 4.90 Å². The quantitative estimate of drug-likeness (QED) is 0.396. The van der Waals surface area contributed by atoms with Gasteiger partial charge in [-0.1, -0.05) is 55.3 Å². The summed E-state index contributed by atoms with van der Waals surface area (Å²) in [6.45, 7) is 0.738. The zero-order valence-corrected chi connectivity index (χ0v) is 22.3. The number of halogens is 3. The maximum atomic E-state index is 13.3. The number of anilines is 1. The number of hydrogen-bond acceptors (Lipinski definition) is 3. The molecule has 1 saturated carbocycles. The monoisotopic (exact) mass is 557 g/mol. The van der Waals surface area contributed by atoms with Crippen molar-refractivity contribution < 1.29 is 26.4 Å². The van der Waals surface area contributed by atoms with Crippen LogP contribution in [-0.2, 0) is 28.4 Å². The van der Waals surface area contributed by atoms with E-state index in [9.17, 15) is 26.4 Å². The highest BCUT2D eigenvalue weighted by molar-refractivity contribution is 7.89. The molecule has 39 heavy (non-hydrogen) atoms. The Bertz CT molecular complexity index is 1480. The molecule has 0 bridgehead atoms. The highest BCUT2D eigenvalue weighted by Gasteiger charge is 2.46. The van der Waals surface area contributed by atoms with Gasteiger partial charge in [-0.15, -0.1) is 0 Å². The van der Waals surface area contributed by atoms with Crippen LogP contribution >= 0.6 is 0 Å². The number of sulfonamides is 1. The molecule has 10 heteroatoms. The summed E-state index contributed by atoms with van der Waals surface area (Å²) in [5.41, 5.74) is 3.83. The van der Waals surface area contributed by atoms with Crippen molar-refractivity contribution in [2.75, 3.05) is 18.5 Å². The smallest absolute Gasteiger partial charge is 0.334 e. The number of urea groups is 1. The summed E-state index contributed by atoms with van der Waals surface area (Å²) in [5.74, 6) is 0. The first-order chi connectivity index (χ1) is 18.5. The Morgan fingerprint density at radius 2 is 1.69 bits per heavy atom. The van der Waals surface area contributed by atoms with Gasteiger partial charge in [0, 0.05) is 24.2 Å². The molecule has 1 heterocycles. The van der Waals surface area contributed by atoms with Gasteiger partial charge in [-0.25, -0.2) is 17.9 Å². The lowest BCUT2D eigenvalue weighted by Crippen LogP contribution is -2.41. The van der Waals surface area contributed by atoms with Crippen LogP contribution in [0.4, 0.5) is 23.7 Å². The number of carbonyl (C=O) groups excluding carboxylic acids is 1. The number of rotatable bonds is 6. The number of carbonyl (C=O) groups is 1. The van der Waals surface area contributed by atoms with Gasteiger partial charge in [0.05, 0.1) is 11.3 Å². The highest BCUT2D eigenvalue weighted by Crippen LogP contribution is 2.51. The minimum absolute atomic E-state index is 0.143. The minimum Gasteiger partial charge on any atom is -0.334 e. The summed E-state index contributed by atoms with van der Waals surface area (Å²) in [7, 11) is -2.20. The average Bonchev–Trinajstić information content (AvgIpc) is 3.52. The molecular weight excluding hydrogens is 527 g/mol. The number of fused-ring (bicyclic) bond motifs is 2. The highest BCUT2D eigenvalue weighted by atomic mass is 32.2. The summed E-state index contributed by atoms with van der Waals surface area (Å²) < 4.78 is 65.9. The molecule has 0 aromatic heterocycles. The Labute approximate surface area is 226 Å². The van der Waals surface area contributed by atoms with Crippen LogP contribution < -0.4 is 14.9 Å². The zero-order valence-electron chi connectivity index (χ0n) is 21.5. The second kappa shape index (κ2) is 10.3. The topological polar surface area (TPSA) is 78.5 Å². The molecule has 3 aromatic rings. The predicted octanol–water partition coefficient (Wildman–Crippen LogP) is 5.91. The lowest BCUT2D eigenvalue weighted by Gasteiger charge is -2.25. The van der Waals surface area contributed by atoms with E-state index in [1.165, 1.54) is 25.2 Å². The molecule has 0 atom stereocenters. The Morgan fingerprint density at radius 3 is 2.36 bits per heavy atom. The number of nitrogens with one attached hydrogen (secondary N) is 2. The van der Waals surface area contributed by atoms with Crippen molar-refractivity contribution in [2.45, 2.75) is 55.1 Å². The minimum atomic E-state index is -4.31. The molecule has 1 aliphatic carbocycles. The Kier molecular flexibility index (Phi) is 7.19. The van der Waals surface area contributed by atoms with Gasteiger partial charge in [-0.05, 0) is 72.0 Å². The Morgan fingerprint density at radius 1 is 1.00 bits per heavy atom. The largest absolute Gasteiger partial charge is 0.393 e. The molecule has 0 unspecified atom stereocenters.